The van der Waals surface area contributed by atoms with Gasteiger partial charge >= 0.3 is 0 Å². The van der Waals surface area contributed by atoms with Crippen molar-refractivity contribution in [2.24, 2.45) is 5.92 Å². The third-order valence-electron chi connectivity index (χ3n) is 3.71. The van der Waals surface area contributed by atoms with Gasteiger partial charge in [0, 0.05) is 46.2 Å². The molecular weight excluding hydrogens is 242 g/mol. The van der Waals surface area contributed by atoms with E-state index in [9.17, 15) is 0 Å². The lowest BCUT2D eigenvalue weighted by atomic mass is 10.0. The molecule has 5 heteroatoms. The van der Waals surface area contributed by atoms with E-state index in [1.807, 2.05) is 6.20 Å². The molecule has 1 aliphatic heterocycles. The van der Waals surface area contributed by atoms with E-state index in [0.29, 0.717) is 0 Å². The summed E-state index contributed by atoms with van der Waals surface area (Å²) in [7, 11) is 1.72. The first-order chi connectivity index (χ1) is 9.31. The van der Waals surface area contributed by atoms with Crippen molar-refractivity contribution in [2.75, 3.05) is 33.5 Å². The maximum Gasteiger partial charge on any atom is 0.105 e. The van der Waals surface area contributed by atoms with Gasteiger partial charge in [-0.05, 0) is 25.7 Å². The zero-order valence-electron chi connectivity index (χ0n) is 12.0. The van der Waals surface area contributed by atoms with Gasteiger partial charge in [0.15, 0.2) is 0 Å². The van der Waals surface area contributed by atoms with E-state index >= 15 is 0 Å². The third-order valence-corrected chi connectivity index (χ3v) is 3.71. The topological polar surface area (TPSA) is 48.3 Å². The Hall–Kier alpha value is -0.910. The van der Waals surface area contributed by atoms with Gasteiger partial charge < -0.3 is 19.4 Å². The number of hydrogen-bond donors (Lipinski definition) is 1. The molecule has 0 radical (unpaired) electrons. The average molecular weight is 267 g/mol. The Kier molecular flexibility index (Phi) is 5.82. The summed E-state index contributed by atoms with van der Waals surface area (Å²) < 4.78 is 12.8. The van der Waals surface area contributed by atoms with Crippen LogP contribution >= 0.6 is 0 Å². The van der Waals surface area contributed by atoms with Crippen LogP contribution in [0.4, 0.5) is 0 Å². The zero-order valence-corrected chi connectivity index (χ0v) is 12.0. The summed E-state index contributed by atoms with van der Waals surface area (Å²) >= 11 is 0. The monoisotopic (exact) mass is 267 g/mol. The minimum absolute atomic E-state index is 0.722. The number of rotatable bonds is 7. The van der Waals surface area contributed by atoms with Crippen LogP contribution in [0.5, 0.6) is 0 Å². The standard InChI is InChI=1S/C14H25N3O2/c1-12-16-10-14(9-15-5-8-18-2)17(12)11-13-3-6-19-7-4-13/h10,13,15H,3-9,11H2,1-2H3. The van der Waals surface area contributed by atoms with E-state index in [2.05, 4.69) is 21.8 Å². The van der Waals surface area contributed by atoms with Crippen molar-refractivity contribution in [1.29, 1.82) is 0 Å². The SMILES string of the molecule is COCCNCc1cnc(C)n1CC1CCOCC1. The Morgan fingerprint density at radius 2 is 2.26 bits per heavy atom. The fraction of sp³-hybridized carbons (Fsp3) is 0.786. The predicted molar refractivity (Wildman–Crippen MR) is 74.1 cm³/mol. The summed E-state index contributed by atoms with van der Waals surface area (Å²) in [6.45, 7) is 7.42. The Balaban J connectivity index is 1.88. The molecule has 5 nitrogen and oxygen atoms in total. The number of imidazole rings is 1. The van der Waals surface area contributed by atoms with Gasteiger partial charge in [0.1, 0.15) is 5.82 Å². The molecule has 0 bridgehead atoms. The van der Waals surface area contributed by atoms with Gasteiger partial charge in [-0.15, -0.1) is 0 Å². The maximum absolute atomic E-state index is 5.42. The van der Waals surface area contributed by atoms with Crippen LogP contribution in [0, 0.1) is 12.8 Å². The molecule has 19 heavy (non-hydrogen) atoms. The molecule has 0 atom stereocenters. The van der Waals surface area contributed by atoms with Crippen LogP contribution in [0.25, 0.3) is 0 Å². The van der Waals surface area contributed by atoms with E-state index in [1.165, 1.54) is 5.69 Å². The third kappa shape index (κ3) is 4.30. The van der Waals surface area contributed by atoms with Crippen LogP contribution in [0.1, 0.15) is 24.4 Å². The highest BCUT2D eigenvalue weighted by molar-refractivity contribution is 5.04. The lowest BCUT2D eigenvalue weighted by Gasteiger charge is -2.24. The number of aromatic nitrogens is 2. The molecule has 1 aliphatic rings. The molecule has 0 spiro atoms. The molecule has 0 amide bonds. The van der Waals surface area contributed by atoms with Crippen LogP contribution in [0.15, 0.2) is 6.20 Å². The summed E-state index contributed by atoms with van der Waals surface area (Å²) in [6, 6.07) is 0. The fourth-order valence-electron chi connectivity index (χ4n) is 2.48. The summed E-state index contributed by atoms with van der Waals surface area (Å²) in [6.07, 6.45) is 4.30. The van der Waals surface area contributed by atoms with Crippen molar-refractivity contribution in [2.45, 2.75) is 32.9 Å². The Morgan fingerprint density at radius 3 is 3.00 bits per heavy atom. The van der Waals surface area contributed by atoms with Gasteiger partial charge in [-0.1, -0.05) is 0 Å². The van der Waals surface area contributed by atoms with Crippen molar-refractivity contribution < 1.29 is 9.47 Å². The quantitative estimate of drug-likeness (QED) is 0.758. The van der Waals surface area contributed by atoms with Crippen molar-refractivity contribution in [3.63, 3.8) is 0 Å². The highest BCUT2D eigenvalue weighted by atomic mass is 16.5. The molecule has 1 N–H and O–H groups in total. The summed E-state index contributed by atoms with van der Waals surface area (Å²) in [5.74, 6) is 1.83. The van der Waals surface area contributed by atoms with E-state index < -0.39 is 0 Å². The van der Waals surface area contributed by atoms with Crippen molar-refractivity contribution in [1.82, 2.24) is 14.9 Å². The van der Waals surface area contributed by atoms with Crippen LogP contribution in [-0.2, 0) is 22.6 Å². The number of hydrogen-bond acceptors (Lipinski definition) is 4. The first-order valence-electron chi connectivity index (χ1n) is 7.09. The van der Waals surface area contributed by atoms with E-state index in [4.69, 9.17) is 9.47 Å². The smallest absolute Gasteiger partial charge is 0.105 e. The van der Waals surface area contributed by atoms with E-state index in [-0.39, 0.29) is 0 Å². The van der Waals surface area contributed by atoms with Crippen LogP contribution in [0.3, 0.4) is 0 Å². The van der Waals surface area contributed by atoms with Crippen molar-refractivity contribution in [3.8, 4) is 0 Å². The highest BCUT2D eigenvalue weighted by Crippen LogP contribution is 2.19. The number of ether oxygens (including phenoxy) is 2. The van der Waals surface area contributed by atoms with Crippen LogP contribution in [0.2, 0.25) is 0 Å². The van der Waals surface area contributed by atoms with Crippen molar-refractivity contribution >= 4 is 0 Å². The molecule has 0 aliphatic carbocycles. The van der Waals surface area contributed by atoms with Gasteiger partial charge in [0.2, 0.25) is 0 Å². The normalized spacial score (nSPS) is 16.9. The highest BCUT2D eigenvalue weighted by Gasteiger charge is 2.16. The minimum atomic E-state index is 0.722. The fourth-order valence-corrected chi connectivity index (χ4v) is 2.48. The van der Waals surface area contributed by atoms with Gasteiger partial charge in [-0.3, -0.25) is 0 Å². The molecule has 2 heterocycles. The molecule has 1 aromatic rings. The number of nitrogens with one attached hydrogen (secondary N) is 1. The minimum Gasteiger partial charge on any atom is -0.383 e. The molecule has 0 saturated carbocycles. The number of nitrogens with zero attached hydrogens (tertiary/aromatic N) is 2. The number of methoxy groups -OCH3 is 1. The van der Waals surface area contributed by atoms with Crippen LogP contribution in [-0.4, -0.2) is 43.0 Å². The first kappa shape index (κ1) is 14.5. The van der Waals surface area contributed by atoms with Gasteiger partial charge in [-0.2, -0.15) is 0 Å². The van der Waals surface area contributed by atoms with Gasteiger partial charge in [-0.25, -0.2) is 4.98 Å². The average Bonchev–Trinajstić information content (AvgIpc) is 2.78. The predicted octanol–water partition coefficient (Wildman–Crippen LogP) is 1.35. The van der Waals surface area contributed by atoms with Gasteiger partial charge in [0.25, 0.3) is 0 Å². The Labute approximate surface area is 115 Å². The van der Waals surface area contributed by atoms with Crippen LogP contribution < -0.4 is 5.32 Å². The lowest BCUT2D eigenvalue weighted by molar-refractivity contribution is 0.0608. The maximum atomic E-state index is 5.42. The Bertz CT molecular complexity index is 373. The molecular formula is C14H25N3O2. The molecule has 0 aromatic carbocycles. The van der Waals surface area contributed by atoms with Gasteiger partial charge in [0.05, 0.1) is 12.3 Å². The second-order valence-corrected chi connectivity index (χ2v) is 5.13. The molecule has 108 valence electrons. The second kappa shape index (κ2) is 7.62. The first-order valence-corrected chi connectivity index (χ1v) is 7.09. The largest absolute Gasteiger partial charge is 0.383 e. The molecule has 1 saturated heterocycles. The lowest BCUT2D eigenvalue weighted by Crippen LogP contribution is -2.24. The zero-order chi connectivity index (χ0) is 13.5. The van der Waals surface area contributed by atoms with Crippen molar-refractivity contribution in [3.05, 3.63) is 17.7 Å². The summed E-state index contributed by atoms with van der Waals surface area (Å²) in [5, 5.41) is 3.38. The summed E-state index contributed by atoms with van der Waals surface area (Å²) in [4.78, 5) is 4.44. The van der Waals surface area contributed by atoms with E-state index in [0.717, 1.165) is 64.0 Å². The second-order valence-electron chi connectivity index (χ2n) is 5.13. The molecule has 1 aromatic heterocycles. The molecule has 1 fully saturated rings. The number of aryl methyl sites for hydroxylation is 1. The Morgan fingerprint density at radius 1 is 1.47 bits per heavy atom. The van der Waals surface area contributed by atoms with E-state index in [1.54, 1.807) is 7.11 Å². The summed E-state index contributed by atoms with van der Waals surface area (Å²) in [5.41, 5.74) is 1.26. The molecule has 0 unspecified atom stereocenters. The molecule has 2 rings (SSSR count).